The maximum absolute atomic E-state index is 12.1. The smallest absolute Gasteiger partial charge is 0.220 e. The predicted octanol–water partition coefficient (Wildman–Crippen LogP) is 1.86. The lowest BCUT2D eigenvalue weighted by Crippen LogP contribution is -2.39. The Morgan fingerprint density at radius 1 is 1.33 bits per heavy atom. The molecule has 2 N–H and O–H groups in total. The molecular weight excluding hydrogens is 262 g/mol. The van der Waals surface area contributed by atoms with Crippen molar-refractivity contribution in [2.45, 2.75) is 46.0 Å². The van der Waals surface area contributed by atoms with Gasteiger partial charge in [-0.1, -0.05) is 13.8 Å². The molecule has 0 aliphatic carbocycles. The first-order valence-electron chi connectivity index (χ1n) is 8.88. The number of carbonyl (C=O) groups is 1. The molecule has 0 aromatic heterocycles. The summed E-state index contributed by atoms with van der Waals surface area (Å²) in [4.78, 5) is 14.6. The molecule has 2 rings (SSSR count). The zero-order valence-electron chi connectivity index (χ0n) is 13.9. The van der Waals surface area contributed by atoms with E-state index in [-0.39, 0.29) is 5.91 Å². The number of nitrogens with zero attached hydrogens (tertiary/aromatic N) is 1. The van der Waals surface area contributed by atoms with Gasteiger partial charge >= 0.3 is 0 Å². The molecule has 2 aliphatic heterocycles. The van der Waals surface area contributed by atoms with E-state index < -0.39 is 0 Å². The second-order valence-corrected chi connectivity index (χ2v) is 6.97. The Balaban J connectivity index is 1.61. The van der Waals surface area contributed by atoms with Gasteiger partial charge in [0.05, 0.1) is 0 Å². The molecule has 2 saturated heterocycles. The zero-order chi connectivity index (χ0) is 15.1. The summed E-state index contributed by atoms with van der Waals surface area (Å²) in [7, 11) is 0. The highest BCUT2D eigenvalue weighted by Crippen LogP contribution is 2.22. The summed E-state index contributed by atoms with van der Waals surface area (Å²) >= 11 is 0. The van der Waals surface area contributed by atoms with E-state index in [9.17, 15) is 4.79 Å². The summed E-state index contributed by atoms with van der Waals surface area (Å²) < 4.78 is 0. The van der Waals surface area contributed by atoms with E-state index in [2.05, 4.69) is 29.4 Å². The van der Waals surface area contributed by atoms with Crippen LogP contribution >= 0.6 is 0 Å². The van der Waals surface area contributed by atoms with Crippen LogP contribution in [-0.4, -0.2) is 50.1 Å². The van der Waals surface area contributed by atoms with Gasteiger partial charge < -0.3 is 15.5 Å². The highest BCUT2D eigenvalue weighted by Gasteiger charge is 2.23. The minimum absolute atomic E-state index is 0.256. The Bertz CT molecular complexity index is 307. The van der Waals surface area contributed by atoms with Crippen molar-refractivity contribution in [3.05, 3.63) is 0 Å². The van der Waals surface area contributed by atoms with Crippen molar-refractivity contribution in [3.63, 3.8) is 0 Å². The lowest BCUT2D eigenvalue weighted by atomic mass is 9.85. The number of piperidine rings is 2. The summed E-state index contributed by atoms with van der Waals surface area (Å²) in [5.74, 6) is 2.12. The molecule has 21 heavy (non-hydrogen) atoms. The Morgan fingerprint density at radius 2 is 2.10 bits per heavy atom. The first kappa shape index (κ1) is 16.8. The quantitative estimate of drug-likeness (QED) is 0.786. The molecule has 2 unspecified atom stereocenters. The van der Waals surface area contributed by atoms with Gasteiger partial charge in [0.2, 0.25) is 5.91 Å². The van der Waals surface area contributed by atoms with Crippen LogP contribution < -0.4 is 10.6 Å². The van der Waals surface area contributed by atoms with Crippen molar-refractivity contribution in [1.82, 2.24) is 15.5 Å². The predicted molar refractivity (Wildman–Crippen MR) is 87.2 cm³/mol. The summed E-state index contributed by atoms with van der Waals surface area (Å²) in [5.41, 5.74) is 0. The van der Waals surface area contributed by atoms with Crippen LogP contribution in [0, 0.1) is 17.8 Å². The number of hydrogen-bond donors (Lipinski definition) is 2. The number of carbonyl (C=O) groups excluding carboxylic acids is 1. The van der Waals surface area contributed by atoms with Gasteiger partial charge in [-0.3, -0.25) is 4.79 Å². The number of hydrogen-bond acceptors (Lipinski definition) is 3. The van der Waals surface area contributed by atoms with Crippen LogP contribution in [0.4, 0.5) is 0 Å². The van der Waals surface area contributed by atoms with Crippen LogP contribution in [0.1, 0.15) is 46.0 Å². The van der Waals surface area contributed by atoms with Crippen LogP contribution in [0.5, 0.6) is 0 Å². The molecule has 0 aromatic rings. The fourth-order valence-electron chi connectivity index (χ4n) is 3.66. The number of likely N-dealkylation sites (tertiary alicyclic amines) is 1. The van der Waals surface area contributed by atoms with Crippen molar-refractivity contribution in [2.75, 3.05) is 39.3 Å². The summed E-state index contributed by atoms with van der Waals surface area (Å²) in [6, 6.07) is 0. The molecule has 4 heteroatoms. The molecule has 2 heterocycles. The van der Waals surface area contributed by atoms with Gasteiger partial charge in [-0.2, -0.15) is 0 Å². The lowest BCUT2D eigenvalue weighted by Gasteiger charge is -2.31. The number of nitrogens with one attached hydrogen (secondary N) is 2. The van der Waals surface area contributed by atoms with E-state index in [4.69, 9.17) is 0 Å². The fraction of sp³-hybridized carbons (Fsp3) is 0.941. The average molecular weight is 295 g/mol. The average Bonchev–Trinajstić information content (AvgIpc) is 2.54. The first-order chi connectivity index (χ1) is 10.2. The third-order valence-corrected chi connectivity index (χ3v) is 5.39. The molecule has 1 amide bonds. The van der Waals surface area contributed by atoms with Crippen molar-refractivity contribution in [3.8, 4) is 0 Å². The second kappa shape index (κ2) is 8.74. The number of rotatable bonds is 6. The Hall–Kier alpha value is -0.610. The van der Waals surface area contributed by atoms with Gasteiger partial charge in [-0.15, -0.1) is 0 Å². The van der Waals surface area contributed by atoms with E-state index in [0.29, 0.717) is 24.2 Å². The minimum atomic E-state index is 0.256. The van der Waals surface area contributed by atoms with Gasteiger partial charge in [0.15, 0.2) is 0 Å². The normalized spacial score (nSPS) is 26.5. The summed E-state index contributed by atoms with van der Waals surface area (Å²) in [6.45, 7) is 11.1. The summed E-state index contributed by atoms with van der Waals surface area (Å²) in [5, 5.41) is 6.62. The van der Waals surface area contributed by atoms with Crippen molar-refractivity contribution in [2.24, 2.45) is 17.8 Å². The molecule has 2 aliphatic rings. The van der Waals surface area contributed by atoms with Crippen LogP contribution in [-0.2, 0) is 4.79 Å². The maximum Gasteiger partial charge on any atom is 0.220 e. The molecule has 0 saturated carbocycles. The molecule has 0 radical (unpaired) electrons. The molecule has 122 valence electrons. The first-order valence-corrected chi connectivity index (χ1v) is 8.88. The highest BCUT2D eigenvalue weighted by atomic mass is 16.1. The molecule has 0 spiro atoms. The van der Waals surface area contributed by atoms with Crippen molar-refractivity contribution < 1.29 is 4.79 Å². The van der Waals surface area contributed by atoms with Gasteiger partial charge in [0, 0.05) is 13.0 Å². The van der Waals surface area contributed by atoms with E-state index in [1.165, 1.54) is 38.8 Å². The monoisotopic (exact) mass is 295 g/mol. The third-order valence-electron chi connectivity index (χ3n) is 5.39. The van der Waals surface area contributed by atoms with Crippen LogP contribution in [0.15, 0.2) is 0 Å². The van der Waals surface area contributed by atoms with Crippen LogP contribution in [0.3, 0.4) is 0 Å². The molecular formula is C17H33N3O. The third kappa shape index (κ3) is 5.59. The largest absolute Gasteiger partial charge is 0.356 e. The number of amides is 1. The van der Waals surface area contributed by atoms with Gasteiger partial charge in [-0.25, -0.2) is 0 Å². The maximum atomic E-state index is 12.1. The Morgan fingerprint density at radius 3 is 2.71 bits per heavy atom. The van der Waals surface area contributed by atoms with E-state index >= 15 is 0 Å². The standard InChI is InChI=1S/C17H33N3O/c1-3-20-9-6-15(7-10-20)12-19-17(21)11-14(2)16-5-4-8-18-13-16/h14-16,18H,3-13H2,1-2H3,(H,19,21). The molecule has 4 nitrogen and oxygen atoms in total. The lowest BCUT2D eigenvalue weighted by molar-refractivity contribution is -0.122. The van der Waals surface area contributed by atoms with Gasteiger partial charge in [0.1, 0.15) is 0 Å². The topological polar surface area (TPSA) is 44.4 Å². The van der Waals surface area contributed by atoms with E-state index in [1.54, 1.807) is 0 Å². The van der Waals surface area contributed by atoms with Crippen LogP contribution in [0.2, 0.25) is 0 Å². The SMILES string of the molecule is CCN1CCC(CNC(=O)CC(C)C2CCCNC2)CC1. The molecule has 2 atom stereocenters. The molecule has 0 bridgehead atoms. The van der Waals surface area contributed by atoms with Gasteiger partial charge in [-0.05, 0) is 76.2 Å². The Kier molecular flexibility index (Phi) is 6.97. The minimum Gasteiger partial charge on any atom is -0.356 e. The molecule has 2 fully saturated rings. The summed E-state index contributed by atoms with van der Waals surface area (Å²) in [6.07, 6.45) is 5.69. The zero-order valence-corrected chi connectivity index (χ0v) is 13.9. The van der Waals surface area contributed by atoms with E-state index in [1.807, 2.05) is 0 Å². The Labute approximate surface area is 130 Å². The van der Waals surface area contributed by atoms with Crippen molar-refractivity contribution >= 4 is 5.91 Å². The second-order valence-electron chi connectivity index (χ2n) is 6.97. The van der Waals surface area contributed by atoms with Crippen LogP contribution in [0.25, 0.3) is 0 Å². The van der Waals surface area contributed by atoms with Gasteiger partial charge in [0.25, 0.3) is 0 Å². The van der Waals surface area contributed by atoms with E-state index in [0.717, 1.165) is 26.2 Å². The van der Waals surface area contributed by atoms with Crippen molar-refractivity contribution in [1.29, 1.82) is 0 Å². The molecule has 0 aromatic carbocycles. The fourth-order valence-corrected chi connectivity index (χ4v) is 3.66. The highest BCUT2D eigenvalue weighted by molar-refractivity contribution is 5.76.